The van der Waals surface area contributed by atoms with E-state index in [0.717, 1.165) is 10.2 Å². The molecule has 0 aliphatic heterocycles. The van der Waals surface area contributed by atoms with E-state index in [-0.39, 0.29) is 5.97 Å². The molecule has 0 bridgehead atoms. The van der Waals surface area contributed by atoms with E-state index in [2.05, 4.69) is 22.0 Å². The first-order chi connectivity index (χ1) is 10.0. The van der Waals surface area contributed by atoms with Crippen molar-refractivity contribution >= 4 is 44.6 Å². The minimum atomic E-state index is -0.348. The van der Waals surface area contributed by atoms with Crippen molar-refractivity contribution in [2.75, 3.05) is 24.3 Å². The zero-order chi connectivity index (χ0) is 15.4. The summed E-state index contributed by atoms with van der Waals surface area (Å²) in [4.78, 5) is 15.3. The van der Waals surface area contributed by atoms with Gasteiger partial charge in [-0.1, -0.05) is 0 Å². The highest BCUT2D eigenvalue weighted by Crippen LogP contribution is 2.27. The third-order valence-electron chi connectivity index (χ3n) is 2.94. The molecule has 21 heavy (non-hydrogen) atoms. The molecule has 0 aliphatic carbocycles. The normalized spacial score (nSPS) is 10.4. The highest BCUT2D eigenvalue weighted by Gasteiger charge is 2.16. The average molecular weight is 369 g/mol. The van der Waals surface area contributed by atoms with Crippen LogP contribution >= 0.6 is 27.3 Å². The van der Waals surface area contributed by atoms with Crippen LogP contribution in [0.1, 0.15) is 22.2 Å². The second-order valence-electron chi connectivity index (χ2n) is 4.58. The zero-order valence-corrected chi connectivity index (χ0v) is 14.3. The monoisotopic (exact) mass is 368 g/mol. The van der Waals surface area contributed by atoms with E-state index >= 15 is 0 Å². The Morgan fingerprint density at radius 1 is 1.43 bits per heavy atom. The van der Waals surface area contributed by atoms with Gasteiger partial charge in [0.2, 0.25) is 0 Å². The molecular weight excluding hydrogens is 352 g/mol. The summed E-state index contributed by atoms with van der Waals surface area (Å²) in [7, 11) is 1.95. The van der Waals surface area contributed by atoms with Crippen LogP contribution in [0.2, 0.25) is 0 Å². The van der Waals surface area contributed by atoms with Gasteiger partial charge < -0.3 is 15.4 Å². The van der Waals surface area contributed by atoms with Gasteiger partial charge in [-0.15, -0.1) is 11.3 Å². The topological polar surface area (TPSA) is 55.6 Å². The second kappa shape index (κ2) is 6.95. The molecule has 1 aromatic heterocycles. The van der Waals surface area contributed by atoms with Crippen molar-refractivity contribution in [3.05, 3.63) is 44.6 Å². The van der Waals surface area contributed by atoms with E-state index in [4.69, 9.17) is 10.5 Å². The first kappa shape index (κ1) is 15.9. The van der Waals surface area contributed by atoms with Gasteiger partial charge in [-0.05, 0) is 47.1 Å². The van der Waals surface area contributed by atoms with Crippen molar-refractivity contribution in [3.63, 3.8) is 0 Å². The molecule has 1 heterocycles. The molecule has 0 saturated heterocycles. The summed E-state index contributed by atoms with van der Waals surface area (Å²) in [5, 5.41) is 2.04. The zero-order valence-electron chi connectivity index (χ0n) is 11.9. The number of anilines is 2. The lowest BCUT2D eigenvalue weighted by atomic mass is 10.1. The number of esters is 1. The maximum atomic E-state index is 12.1. The highest BCUT2D eigenvalue weighted by atomic mass is 79.9. The Kier molecular flexibility index (Phi) is 5.25. The Hall–Kier alpha value is -1.53. The summed E-state index contributed by atoms with van der Waals surface area (Å²) < 4.78 is 6.17. The third kappa shape index (κ3) is 3.98. The van der Waals surface area contributed by atoms with E-state index in [1.165, 1.54) is 4.88 Å². The quantitative estimate of drug-likeness (QED) is 0.642. The van der Waals surface area contributed by atoms with Crippen LogP contribution in [0.4, 0.5) is 11.4 Å². The molecule has 2 aromatic rings. The number of rotatable bonds is 5. The number of thiophene rings is 1. The van der Waals surface area contributed by atoms with E-state index < -0.39 is 0 Å². The maximum absolute atomic E-state index is 12.1. The first-order valence-corrected chi connectivity index (χ1v) is 8.19. The number of carbonyl (C=O) groups excluding carboxylic acids is 1. The van der Waals surface area contributed by atoms with Gasteiger partial charge >= 0.3 is 5.97 Å². The summed E-state index contributed by atoms with van der Waals surface area (Å²) in [6.07, 6.45) is 0. The molecule has 0 unspecified atom stereocenters. The molecule has 0 radical (unpaired) electrons. The number of benzene rings is 1. The van der Waals surface area contributed by atoms with Crippen molar-refractivity contribution in [1.29, 1.82) is 0 Å². The Morgan fingerprint density at radius 2 is 2.19 bits per heavy atom. The van der Waals surface area contributed by atoms with Crippen molar-refractivity contribution in [2.45, 2.75) is 13.5 Å². The van der Waals surface area contributed by atoms with Crippen LogP contribution in [-0.2, 0) is 11.3 Å². The molecular formula is C15H17BrN2O2S. The standard InChI is InChI=1S/C15H17BrN2O2S/c1-3-20-15(19)13-7-11(17)4-5-14(13)18(2)8-12-6-10(16)9-21-12/h4-7,9H,3,8,17H2,1-2H3. The molecule has 0 aliphatic rings. The van der Waals surface area contributed by atoms with E-state index in [0.29, 0.717) is 24.4 Å². The van der Waals surface area contributed by atoms with E-state index in [9.17, 15) is 4.79 Å². The fourth-order valence-electron chi connectivity index (χ4n) is 2.01. The van der Waals surface area contributed by atoms with Crippen molar-refractivity contribution in [1.82, 2.24) is 0 Å². The number of nitrogens with two attached hydrogens (primary N) is 1. The van der Waals surface area contributed by atoms with Gasteiger partial charge in [-0.3, -0.25) is 0 Å². The Labute approximate surface area is 136 Å². The lowest BCUT2D eigenvalue weighted by molar-refractivity contribution is 0.0527. The Bertz CT molecular complexity index is 642. The summed E-state index contributed by atoms with van der Waals surface area (Å²) in [5.41, 5.74) is 7.64. The number of hydrogen-bond donors (Lipinski definition) is 1. The van der Waals surface area contributed by atoms with Gasteiger partial charge in [0, 0.05) is 27.5 Å². The van der Waals surface area contributed by atoms with Crippen LogP contribution in [0.15, 0.2) is 34.1 Å². The van der Waals surface area contributed by atoms with Gasteiger partial charge in [0.05, 0.1) is 24.4 Å². The highest BCUT2D eigenvalue weighted by molar-refractivity contribution is 9.10. The Morgan fingerprint density at radius 3 is 2.81 bits per heavy atom. The number of nitrogen functional groups attached to an aromatic ring is 1. The van der Waals surface area contributed by atoms with Gasteiger partial charge in [0.25, 0.3) is 0 Å². The number of carbonyl (C=O) groups is 1. The summed E-state index contributed by atoms with van der Waals surface area (Å²) in [6.45, 7) is 2.85. The molecule has 112 valence electrons. The maximum Gasteiger partial charge on any atom is 0.340 e. The lowest BCUT2D eigenvalue weighted by Gasteiger charge is -2.21. The summed E-state index contributed by atoms with van der Waals surface area (Å²) >= 11 is 5.12. The minimum Gasteiger partial charge on any atom is -0.462 e. The molecule has 0 saturated carbocycles. The van der Waals surface area contributed by atoms with Crippen molar-refractivity contribution < 1.29 is 9.53 Å². The van der Waals surface area contributed by atoms with E-state index in [1.807, 2.05) is 23.4 Å². The van der Waals surface area contributed by atoms with Gasteiger partial charge in [-0.25, -0.2) is 4.79 Å². The third-order valence-corrected chi connectivity index (χ3v) is 4.62. The van der Waals surface area contributed by atoms with E-state index in [1.54, 1.807) is 30.4 Å². The van der Waals surface area contributed by atoms with Gasteiger partial charge in [-0.2, -0.15) is 0 Å². The van der Waals surface area contributed by atoms with Crippen LogP contribution in [0, 0.1) is 0 Å². The molecule has 2 N–H and O–H groups in total. The molecule has 2 rings (SSSR count). The van der Waals surface area contributed by atoms with Crippen LogP contribution in [0.5, 0.6) is 0 Å². The van der Waals surface area contributed by atoms with Crippen LogP contribution in [0.3, 0.4) is 0 Å². The minimum absolute atomic E-state index is 0.342. The molecule has 1 aromatic carbocycles. The number of nitrogens with zero attached hydrogens (tertiary/aromatic N) is 1. The average Bonchev–Trinajstić information content (AvgIpc) is 2.84. The van der Waals surface area contributed by atoms with Crippen LogP contribution in [0.25, 0.3) is 0 Å². The Balaban J connectivity index is 2.27. The van der Waals surface area contributed by atoms with Crippen molar-refractivity contribution in [3.8, 4) is 0 Å². The number of hydrogen-bond acceptors (Lipinski definition) is 5. The predicted octanol–water partition coefficient (Wildman–Crippen LogP) is 3.91. The number of halogens is 1. The van der Waals surface area contributed by atoms with Crippen LogP contribution < -0.4 is 10.6 Å². The summed E-state index contributed by atoms with van der Waals surface area (Å²) in [6, 6.07) is 7.37. The molecule has 0 fully saturated rings. The fourth-order valence-corrected chi connectivity index (χ4v) is 3.52. The molecule has 0 spiro atoms. The first-order valence-electron chi connectivity index (χ1n) is 6.52. The molecule has 0 amide bonds. The molecule has 6 heteroatoms. The fraction of sp³-hybridized carbons (Fsp3) is 0.267. The second-order valence-corrected chi connectivity index (χ2v) is 6.50. The predicted molar refractivity (Wildman–Crippen MR) is 90.9 cm³/mol. The number of ether oxygens (including phenoxy) is 1. The lowest BCUT2D eigenvalue weighted by Crippen LogP contribution is -2.20. The molecule has 0 atom stereocenters. The van der Waals surface area contributed by atoms with Gasteiger partial charge in [0.1, 0.15) is 0 Å². The molecule has 4 nitrogen and oxygen atoms in total. The smallest absolute Gasteiger partial charge is 0.340 e. The van der Waals surface area contributed by atoms with Crippen LogP contribution in [-0.4, -0.2) is 19.6 Å². The SMILES string of the molecule is CCOC(=O)c1cc(N)ccc1N(C)Cc1cc(Br)cs1. The van der Waals surface area contributed by atoms with Gasteiger partial charge in [0.15, 0.2) is 0 Å². The van der Waals surface area contributed by atoms with Crippen molar-refractivity contribution in [2.24, 2.45) is 0 Å². The largest absolute Gasteiger partial charge is 0.462 e. The summed E-state index contributed by atoms with van der Waals surface area (Å²) in [5.74, 6) is -0.348.